The van der Waals surface area contributed by atoms with E-state index in [1.54, 1.807) is 6.20 Å². The number of aromatic nitrogens is 1. The van der Waals surface area contributed by atoms with Crippen LogP contribution in [0.3, 0.4) is 0 Å². The largest absolute Gasteiger partial charge is 0.443 e. The summed E-state index contributed by atoms with van der Waals surface area (Å²) < 4.78 is 6.77. The molecule has 0 bridgehead atoms. The fraction of sp³-hybridized carbons (Fsp3) is 0.333. The highest BCUT2D eigenvalue weighted by atomic mass is 16.6. The van der Waals surface area contributed by atoms with Crippen molar-refractivity contribution in [1.29, 1.82) is 0 Å². The summed E-state index contributed by atoms with van der Waals surface area (Å²) in [6.45, 7) is 6.86. The van der Waals surface area contributed by atoms with Gasteiger partial charge in [0.15, 0.2) is 0 Å². The SMILES string of the molecule is CC(=O)Nc1cn(C(=O)OC(C)(C)C)c2ccccc12. The van der Waals surface area contributed by atoms with Crippen molar-refractivity contribution in [2.45, 2.75) is 33.3 Å². The Morgan fingerprint density at radius 3 is 2.45 bits per heavy atom. The third kappa shape index (κ3) is 2.99. The number of ether oxygens (including phenoxy) is 1. The summed E-state index contributed by atoms with van der Waals surface area (Å²) >= 11 is 0. The predicted molar refractivity (Wildman–Crippen MR) is 77.9 cm³/mol. The molecule has 0 saturated carbocycles. The maximum Gasteiger partial charge on any atom is 0.419 e. The molecule has 1 heterocycles. The van der Waals surface area contributed by atoms with Crippen LogP contribution < -0.4 is 5.32 Å². The van der Waals surface area contributed by atoms with Gasteiger partial charge < -0.3 is 10.1 Å². The predicted octanol–water partition coefficient (Wildman–Crippen LogP) is 3.38. The van der Waals surface area contributed by atoms with Gasteiger partial charge in [-0.3, -0.25) is 9.36 Å². The number of hydrogen-bond donors (Lipinski definition) is 1. The van der Waals surface area contributed by atoms with Crippen molar-refractivity contribution in [1.82, 2.24) is 4.57 Å². The first-order valence-electron chi connectivity index (χ1n) is 6.39. The van der Waals surface area contributed by atoms with E-state index in [9.17, 15) is 9.59 Å². The molecule has 0 atom stereocenters. The summed E-state index contributed by atoms with van der Waals surface area (Å²) in [5, 5.41) is 3.52. The second kappa shape index (κ2) is 5.00. The number of para-hydroxylation sites is 1. The fourth-order valence-electron chi connectivity index (χ4n) is 1.93. The molecule has 0 saturated heterocycles. The Hall–Kier alpha value is -2.30. The van der Waals surface area contributed by atoms with Gasteiger partial charge in [-0.1, -0.05) is 18.2 Å². The minimum Gasteiger partial charge on any atom is -0.443 e. The zero-order valence-electron chi connectivity index (χ0n) is 12.1. The summed E-state index contributed by atoms with van der Waals surface area (Å²) in [6, 6.07) is 7.35. The van der Waals surface area contributed by atoms with Gasteiger partial charge in [0.1, 0.15) is 5.60 Å². The third-order valence-electron chi connectivity index (χ3n) is 2.61. The molecule has 2 rings (SSSR count). The van der Waals surface area contributed by atoms with Gasteiger partial charge in [-0.15, -0.1) is 0 Å². The molecule has 0 aliphatic carbocycles. The highest BCUT2D eigenvalue weighted by Crippen LogP contribution is 2.26. The molecule has 0 unspecified atom stereocenters. The third-order valence-corrected chi connectivity index (χ3v) is 2.61. The number of benzene rings is 1. The van der Waals surface area contributed by atoms with Crippen molar-refractivity contribution in [2.75, 3.05) is 5.32 Å². The average Bonchev–Trinajstić information content (AvgIpc) is 2.66. The van der Waals surface area contributed by atoms with Crippen LogP contribution in [0.5, 0.6) is 0 Å². The summed E-state index contributed by atoms with van der Waals surface area (Å²) in [5.41, 5.74) is 0.723. The van der Waals surface area contributed by atoms with Crippen molar-refractivity contribution in [2.24, 2.45) is 0 Å². The minimum absolute atomic E-state index is 0.183. The molecule has 1 N–H and O–H groups in total. The van der Waals surface area contributed by atoms with Crippen LogP contribution in [0.4, 0.5) is 10.5 Å². The Morgan fingerprint density at radius 1 is 1.20 bits per heavy atom. The van der Waals surface area contributed by atoms with E-state index in [2.05, 4.69) is 5.32 Å². The lowest BCUT2D eigenvalue weighted by molar-refractivity contribution is -0.114. The highest BCUT2D eigenvalue weighted by Gasteiger charge is 2.20. The Bertz CT molecular complexity index is 665. The van der Waals surface area contributed by atoms with Gasteiger partial charge in [-0.25, -0.2) is 4.79 Å². The maximum absolute atomic E-state index is 12.2. The summed E-state index contributed by atoms with van der Waals surface area (Å²) in [5.74, 6) is -0.183. The van der Waals surface area contributed by atoms with Crippen LogP contribution in [0, 0.1) is 0 Å². The number of carbonyl (C=O) groups excluding carboxylic acids is 2. The Labute approximate surface area is 117 Å². The van der Waals surface area contributed by atoms with E-state index in [-0.39, 0.29) is 5.91 Å². The zero-order chi connectivity index (χ0) is 14.9. The normalized spacial score (nSPS) is 11.4. The van der Waals surface area contributed by atoms with Gasteiger partial charge in [0.2, 0.25) is 5.91 Å². The molecule has 1 amide bonds. The number of anilines is 1. The second-order valence-corrected chi connectivity index (χ2v) is 5.59. The van der Waals surface area contributed by atoms with E-state index in [1.807, 2.05) is 45.0 Å². The zero-order valence-corrected chi connectivity index (χ0v) is 12.1. The molecular weight excluding hydrogens is 256 g/mol. The molecule has 0 aliphatic heterocycles. The van der Waals surface area contributed by atoms with Crippen molar-refractivity contribution in [3.05, 3.63) is 30.5 Å². The van der Waals surface area contributed by atoms with Crippen molar-refractivity contribution in [3.8, 4) is 0 Å². The van der Waals surface area contributed by atoms with E-state index in [4.69, 9.17) is 4.74 Å². The minimum atomic E-state index is -0.573. The van der Waals surface area contributed by atoms with Crippen molar-refractivity contribution < 1.29 is 14.3 Å². The topological polar surface area (TPSA) is 60.3 Å². The molecule has 0 fully saturated rings. The number of hydrogen-bond acceptors (Lipinski definition) is 3. The number of rotatable bonds is 1. The molecule has 5 nitrogen and oxygen atoms in total. The van der Waals surface area contributed by atoms with Gasteiger partial charge in [-0.05, 0) is 26.8 Å². The van der Waals surface area contributed by atoms with E-state index >= 15 is 0 Å². The van der Waals surface area contributed by atoms with Crippen LogP contribution in [0.2, 0.25) is 0 Å². The van der Waals surface area contributed by atoms with Gasteiger partial charge in [0.25, 0.3) is 0 Å². The van der Waals surface area contributed by atoms with Crippen LogP contribution in [-0.2, 0) is 9.53 Å². The average molecular weight is 274 g/mol. The number of amides is 1. The Kier molecular flexibility index (Phi) is 3.53. The first-order chi connectivity index (χ1) is 9.28. The highest BCUT2D eigenvalue weighted by molar-refractivity contribution is 6.04. The first-order valence-corrected chi connectivity index (χ1v) is 6.39. The summed E-state index contributed by atoms with van der Waals surface area (Å²) in [6.07, 6.45) is 1.12. The number of nitrogens with one attached hydrogen (secondary N) is 1. The van der Waals surface area contributed by atoms with Crippen LogP contribution in [0.15, 0.2) is 30.5 Å². The maximum atomic E-state index is 12.2. The van der Waals surface area contributed by atoms with Crippen LogP contribution in [-0.4, -0.2) is 22.2 Å². The molecule has 1 aromatic heterocycles. The Balaban J connectivity index is 2.48. The second-order valence-electron chi connectivity index (χ2n) is 5.59. The smallest absolute Gasteiger partial charge is 0.419 e. The molecular formula is C15H18N2O3. The number of nitrogens with zero attached hydrogens (tertiary/aromatic N) is 1. The van der Waals surface area contributed by atoms with Gasteiger partial charge in [-0.2, -0.15) is 0 Å². The molecule has 20 heavy (non-hydrogen) atoms. The number of carbonyl (C=O) groups is 2. The van der Waals surface area contributed by atoms with Crippen molar-refractivity contribution in [3.63, 3.8) is 0 Å². The van der Waals surface area contributed by atoms with Crippen molar-refractivity contribution >= 4 is 28.6 Å². The molecule has 5 heteroatoms. The monoisotopic (exact) mass is 274 g/mol. The first kappa shape index (κ1) is 14.1. The van der Waals surface area contributed by atoms with E-state index < -0.39 is 11.7 Å². The molecule has 106 valence electrons. The van der Waals surface area contributed by atoms with Gasteiger partial charge in [0.05, 0.1) is 11.2 Å². The summed E-state index contributed by atoms with van der Waals surface area (Å²) in [7, 11) is 0. The fourth-order valence-corrected chi connectivity index (χ4v) is 1.93. The Morgan fingerprint density at radius 2 is 1.85 bits per heavy atom. The lowest BCUT2D eigenvalue weighted by Gasteiger charge is -2.19. The van der Waals surface area contributed by atoms with Gasteiger partial charge >= 0.3 is 6.09 Å². The standard InChI is InChI=1S/C15H18N2O3/c1-10(18)16-12-9-17(14(19)20-15(2,3)4)13-8-6-5-7-11(12)13/h5-9H,1-4H3,(H,16,18). The van der Waals surface area contributed by atoms with Crippen LogP contribution in [0.25, 0.3) is 10.9 Å². The molecule has 2 aromatic rings. The molecule has 0 spiro atoms. The van der Waals surface area contributed by atoms with Gasteiger partial charge in [0, 0.05) is 18.5 Å². The van der Waals surface area contributed by atoms with E-state index in [0.29, 0.717) is 11.2 Å². The molecule has 0 aliphatic rings. The lowest BCUT2D eigenvalue weighted by atomic mass is 10.2. The molecule has 0 radical (unpaired) electrons. The summed E-state index contributed by atoms with van der Waals surface area (Å²) in [4.78, 5) is 23.4. The van der Waals surface area contributed by atoms with E-state index in [0.717, 1.165) is 5.39 Å². The lowest BCUT2D eigenvalue weighted by Crippen LogP contribution is -2.26. The van der Waals surface area contributed by atoms with E-state index in [1.165, 1.54) is 11.5 Å². The molecule has 1 aromatic carbocycles. The quantitative estimate of drug-likeness (QED) is 0.867. The van der Waals surface area contributed by atoms with Crippen LogP contribution in [0.1, 0.15) is 27.7 Å². The number of fused-ring (bicyclic) bond motifs is 1. The van der Waals surface area contributed by atoms with Crippen LogP contribution >= 0.6 is 0 Å².